The van der Waals surface area contributed by atoms with Gasteiger partial charge in [-0.15, -0.1) is 0 Å². The van der Waals surface area contributed by atoms with E-state index in [0.29, 0.717) is 5.92 Å². The molecule has 1 atom stereocenters. The highest BCUT2D eigenvalue weighted by Gasteiger charge is 2.18. The topological polar surface area (TPSA) is 29.5 Å². The molecular formula is C10H20O2. The summed E-state index contributed by atoms with van der Waals surface area (Å²) in [6.07, 6.45) is 4.60. The molecule has 0 heterocycles. The third kappa shape index (κ3) is 3.55. The minimum absolute atomic E-state index is 0.593. The molecule has 0 aliphatic heterocycles. The van der Waals surface area contributed by atoms with Crippen LogP contribution in [0.3, 0.4) is 0 Å². The molecule has 0 aromatic carbocycles. The smallest absolute Gasteiger partial charge is 0.151 e. The first-order valence-electron chi connectivity index (χ1n) is 4.98. The fourth-order valence-corrected chi connectivity index (χ4v) is 1.77. The maximum absolute atomic E-state index is 8.91. The summed E-state index contributed by atoms with van der Waals surface area (Å²) in [5, 5.41) is 8.91. The van der Waals surface area contributed by atoms with Crippen molar-refractivity contribution in [2.24, 2.45) is 11.8 Å². The van der Waals surface area contributed by atoms with Crippen LogP contribution in [-0.2, 0) is 4.74 Å². The minimum atomic E-state index is -0.593. The molecule has 1 rings (SSSR count). The van der Waals surface area contributed by atoms with E-state index in [1.165, 1.54) is 25.7 Å². The molecule has 2 nitrogen and oxygen atoms in total. The van der Waals surface area contributed by atoms with E-state index in [4.69, 9.17) is 9.84 Å². The van der Waals surface area contributed by atoms with Crippen LogP contribution in [0, 0.1) is 11.8 Å². The van der Waals surface area contributed by atoms with Crippen LogP contribution < -0.4 is 0 Å². The van der Waals surface area contributed by atoms with Gasteiger partial charge < -0.3 is 9.84 Å². The summed E-state index contributed by atoms with van der Waals surface area (Å²) in [5.41, 5.74) is 0. The molecule has 1 saturated carbocycles. The molecule has 72 valence electrons. The van der Waals surface area contributed by atoms with Crippen molar-refractivity contribution in [2.45, 2.75) is 45.8 Å². The lowest BCUT2D eigenvalue weighted by molar-refractivity contribution is -0.0997. The average molecular weight is 172 g/mol. The largest absolute Gasteiger partial charge is 0.368 e. The lowest BCUT2D eigenvalue weighted by Gasteiger charge is -2.26. The van der Waals surface area contributed by atoms with Gasteiger partial charge in [-0.1, -0.05) is 19.8 Å². The van der Waals surface area contributed by atoms with E-state index in [2.05, 4.69) is 6.92 Å². The molecule has 12 heavy (non-hydrogen) atoms. The highest BCUT2D eigenvalue weighted by molar-refractivity contribution is 4.69. The number of hydrogen-bond acceptors (Lipinski definition) is 2. The third-order valence-corrected chi connectivity index (χ3v) is 2.71. The molecule has 0 saturated heterocycles. The summed E-state index contributed by atoms with van der Waals surface area (Å²) in [4.78, 5) is 0. The Bertz CT molecular complexity index is 115. The Kier molecular flexibility index (Phi) is 4.02. The standard InChI is InChI=1S/C10H20O2/c1-8-3-5-10(6-4-8)7-12-9(2)11/h8-11H,3-7H2,1-2H3. The van der Waals surface area contributed by atoms with Gasteiger partial charge in [-0.05, 0) is 31.6 Å². The second-order valence-electron chi connectivity index (χ2n) is 4.06. The van der Waals surface area contributed by atoms with Gasteiger partial charge in [-0.3, -0.25) is 0 Å². The maximum atomic E-state index is 8.91. The fourth-order valence-electron chi connectivity index (χ4n) is 1.77. The number of hydrogen-bond donors (Lipinski definition) is 1. The van der Waals surface area contributed by atoms with Crippen LogP contribution >= 0.6 is 0 Å². The average Bonchev–Trinajstić information content (AvgIpc) is 2.03. The Morgan fingerprint density at radius 2 is 1.92 bits per heavy atom. The van der Waals surface area contributed by atoms with Crippen LogP contribution in [0.1, 0.15) is 39.5 Å². The zero-order valence-corrected chi connectivity index (χ0v) is 8.12. The van der Waals surface area contributed by atoms with Crippen LogP contribution in [-0.4, -0.2) is 18.0 Å². The van der Waals surface area contributed by atoms with Crippen molar-refractivity contribution in [3.8, 4) is 0 Å². The zero-order chi connectivity index (χ0) is 8.97. The van der Waals surface area contributed by atoms with Crippen molar-refractivity contribution in [3.05, 3.63) is 0 Å². The van der Waals surface area contributed by atoms with Gasteiger partial charge in [0, 0.05) is 0 Å². The molecule has 2 heteroatoms. The molecule has 0 spiro atoms. The van der Waals surface area contributed by atoms with Crippen molar-refractivity contribution in [3.63, 3.8) is 0 Å². The zero-order valence-electron chi connectivity index (χ0n) is 8.12. The van der Waals surface area contributed by atoms with E-state index >= 15 is 0 Å². The number of aliphatic hydroxyl groups is 1. The Morgan fingerprint density at radius 1 is 1.33 bits per heavy atom. The lowest BCUT2D eigenvalue weighted by Crippen LogP contribution is -2.20. The predicted octanol–water partition coefficient (Wildman–Crippen LogP) is 2.17. The van der Waals surface area contributed by atoms with Gasteiger partial charge in [0.05, 0.1) is 6.61 Å². The van der Waals surface area contributed by atoms with Crippen LogP contribution in [0.5, 0.6) is 0 Å². The Hall–Kier alpha value is -0.0800. The van der Waals surface area contributed by atoms with E-state index < -0.39 is 6.29 Å². The van der Waals surface area contributed by atoms with Crippen molar-refractivity contribution in [1.82, 2.24) is 0 Å². The normalized spacial score (nSPS) is 33.2. The number of rotatable bonds is 3. The molecule has 0 amide bonds. The van der Waals surface area contributed by atoms with Gasteiger partial charge in [-0.2, -0.15) is 0 Å². The summed E-state index contributed by atoms with van der Waals surface area (Å²) < 4.78 is 5.17. The molecule has 0 bridgehead atoms. The summed E-state index contributed by atoms with van der Waals surface area (Å²) in [7, 11) is 0. The van der Waals surface area contributed by atoms with Gasteiger partial charge in [0.2, 0.25) is 0 Å². The summed E-state index contributed by atoms with van der Waals surface area (Å²) in [6.45, 7) is 4.72. The SMILES string of the molecule is CC1CCC(COC(C)O)CC1. The second kappa shape index (κ2) is 4.83. The molecule has 1 unspecified atom stereocenters. The molecule has 0 aromatic rings. The third-order valence-electron chi connectivity index (χ3n) is 2.71. The summed E-state index contributed by atoms with van der Waals surface area (Å²) in [6, 6.07) is 0. The Labute approximate surface area is 74.9 Å². The van der Waals surface area contributed by atoms with Crippen LogP contribution in [0.25, 0.3) is 0 Å². The summed E-state index contributed by atoms with van der Waals surface area (Å²) in [5.74, 6) is 1.59. The van der Waals surface area contributed by atoms with Gasteiger partial charge in [0.1, 0.15) is 0 Å². The molecule has 1 fully saturated rings. The maximum Gasteiger partial charge on any atom is 0.151 e. The quantitative estimate of drug-likeness (QED) is 0.661. The molecule has 0 radical (unpaired) electrons. The van der Waals surface area contributed by atoms with Crippen LogP contribution in [0.4, 0.5) is 0 Å². The van der Waals surface area contributed by atoms with Crippen LogP contribution in [0.15, 0.2) is 0 Å². The van der Waals surface area contributed by atoms with Crippen molar-refractivity contribution in [2.75, 3.05) is 6.61 Å². The van der Waals surface area contributed by atoms with Crippen molar-refractivity contribution >= 4 is 0 Å². The minimum Gasteiger partial charge on any atom is -0.368 e. The first-order chi connectivity index (χ1) is 5.68. The first-order valence-corrected chi connectivity index (χ1v) is 4.98. The van der Waals surface area contributed by atoms with Crippen molar-refractivity contribution < 1.29 is 9.84 Å². The van der Waals surface area contributed by atoms with E-state index in [9.17, 15) is 0 Å². The molecule has 1 N–H and O–H groups in total. The van der Waals surface area contributed by atoms with Gasteiger partial charge >= 0.3 is 0 Å². The van der Waals surface area contributed by atoms with E-state index in [1.807, 2.05) is 0 Å². The van der Waals surface area contributed by atoms with Gasteiger partial charge in [0.25, 0.3) is 0 Å². The van der Waals surface area contributed by atoms with E-state index in [1.54, 1.807) is 6.92 Å². The monoisotopic (exact) mass is 172 g/mol. The number of ether oxygens (including phenoxy) is 1. The second-order valence-corrected chi connectivity index (χ2v) is 4.06. The molecule has 0 aromatic heterocycles. The highest BCUT2D eigenvalue weighted by Crippen LogP contribution is 2.28. The van der Waals surface area contributed by atoms with Gasteiger partial charge in [-0.25, -0.2) is 0 Å². The Balaban J connectivity index is 2.09. The summed E-state index contributed by atoms with van der Waals surface area (Å²) >= 11 is 0. The number of aliphatic hydroxyl groups excluding tert-OH is 1. The lowest BCUT2D eigenvalue weighted by atomic mass is 9.83. The van der Waals surface area contributed by atoms with Gasteiger partial charge in [0.15, 0.2) is 6.29 Å². The highest BCUT2D eigenvalue weighted by atomic mass is 16.6. The van der Waals surface area contributed by atoms with Crippen LogP contribution in [0.2, 0.25) is 0 Å². The molecule has 1 aliphatic carbocycles. The van der Waals surface area contributed by atoms with Crippen molar-refractivity contribution in [1.29, 1.82) is 0 Å². The van der Waals surface area contributed by atoms with E-state index in [-0.39, 0.29) is 0 Å². The first kappa shape index (κ1) is 10.0. The Morgan fingerprint density at radius 3 is 2.42 bits per heavy atom. The molecule has 1 aliphatic rings. The fraction of sp³-hybridized carbons (Fsp3) is 1.00. The predicted molar refractivity (Wildman–Crippen MR) is 48.8 cm³/mol. The van der Waals surface area contributed by atoms with E-state index in [0.717, 1.165) is 12.5 Å². The molecular weight excluding hydrogens is 152 g/mol.